The molecule has 2 aromatic carbocycles. The van der Waals surface area contributed by atoms with Crippen molar-refractivity contribution in [1.82, 2.24) is 10.2 Å². The lowest BCUT2D eigenvalue weighted by atomic mass is 9.83. The van der Waals surface area contributed by atoms with Gasteiger partial charge in [0.25, 0.3) is 17.7 Å². The van der Waals surface area contributed by atoms with E-state index in [1.807, 2.05) is 6.07 Å². The van der Waals surface area contributed by atoms with Gasteiger partial charge in [0.1, 0.15) is 0 Å². The molecule has 5 nitrogen and oxygen atoms in total. The highest BCUT2D eigenvalue weighted by Gasteiger charge is 2.33. The summed E-state index contributed by atoms with van der Waals surface area (Å²) < 4.78 is 0. The molecule has 1 aliphatic heterocycles. The zero-order valence-corrected chi connectivity index (χ0v) is 14.6. The van der Waals surface area contributed by atoms with Gasteiger partial charge in [-0.25, -0.2) is 0 Å². The van der Waals surface area contributed by atoms with Crippen LogP contribution in [0.1, 0.15) is 61.0 Å². The van der Waals surface area contributed by atoms with Crippen LogP contribution in [0, 0.1) is 0 Å². The average Bonchev–Trinajstić information content (AvgIpc) is 2.90. The number of amides is 3. The Morgan fingerprint density at radius 2 is 1.88 bits per heavy atom. The molecule has 0 fully saturated rings. The van der Waals surface area contributed by atoms with Crippen LogP contribution < -0.4 is 5.32 Å². The summed E-state index contributed by atoms with van der Waals surface area (Å²) in [5, 5.41) is 2.99. The second kappa shape index (κ2) is 6.41. The first-order chi connectivity index (χ1) is 12.6. The van der Waals surface area contributed by atoms with Crippen LogP contribution in [0.5, 0.6) is 0 Å². The van der Waals surface area contributed by atoms with Crippen molar-refractivity contribution >= 4 is 17.7 Å². The quantitative estimate of drug-likeness (QED) is 0.868. The van der Waals surface area contributed by atoms with Crippen molar-refractivity contribution in [3.63, 3.8) is 0 Å². The number of hydrogen-bond donors (Lipinski definition) is 1. The lowest BCUT2D eigenvalue weighted by Crippen LogP contribution is -2.30. The minimum absolute atomic E-state index is 0.217. The molecule has 2 aliphatic rings. The maximum atomic E-state index is 12.5. The van der Waals surface area contributed by atoms with E-state index in [2.05, 4.69) is 23.5 Å². The molecule has 26 heavy (non-hydrogen) atoms. The minimum Gasteiger partial charge on any atom is -0.351 e. The number of rotatable bonds is 3. The Labute approximate surface area is 152 Å². The number of carbonyl (C=O) groups is 3. The molecular weight excluding hydrogens is 328 g/mol. The zero-order chi connectivity index (χ0) is 18.3. The number of imide groups is 1. The third-order valence-corrected chi connectivity index (χ3v) is 5.35. The third-order valence-electron chi connectivity index (χ3n) is 5.35. The van der Waals surface area contributed by atoms with Crippen LogP contribution in [0.3, 0.4) is 0 Å². The SMILES string of the molecule is CN1C(=O)c2ccc(C(=O)NCC3CCCc4ccccc43)cc2C1=O. The minimum atomic E-state index is -0.360. The molecule has 0 saturated heterocycles. The molecule has 5 heteroatoms. The number of nitrogens with zero attached hydrogens (tertiary/aromatic N) is 1. The molecule has 1 atom stereocenters. The second-order valence-corrected chi connectivity index (χ2v) is 6.93. The van der Waals surface area contributed by atoms with E-state index < -0.39 is 0 Å². The summed E-state index contributed by atoms with van der Waals surface area (Å²) >= 11 is 0. The van der Waals surface area contributed by atoms with Crippen LogP contribution in [-0.4, -0.2) is 36.2 Å². The molecular formula is C21H20N2O3. The molecule has 1 heterocycles. The Balaban J connectivity index is 1.49. The number of hydrogen-bond acceptors (Lipinski definition) is 3. The Hall–Kier alpha value is -2.95. The average molecular weight is 348 g/mol. The van der Waals surface area contributed by atoms with Gasteiger partial charge in [-0.3, -0.25) is 19.3 Å². The van der Waals surface area contributed by atoms with Crippen molar-refractivity contribution in [1.29, 1.82) is 0 Å². The lowest BCUT2D eigenvalue weighted by molar-refractivity contribution is 0.0693. The van der Waals surface area contributed by atoms with Crippen molar-refractivity contribution in [2.75, 3.05) is 13.6 Å². The number of benzene rings is 2. The number of carbonyl (C=O) groups excluding carboxylic acids is 3. The summed E-state index contributed by atoms with van der Waals surface area (Å²) in [6, 6.07) is 13.1. The molecule has 3 amide bonds. The van der Waals surface area contributed by atoms with Gasteiger partial charge < -0.3 is 5.32 Å². The summed E-state index contributed by atoms with van der Waals surface area (Å²) in [5.41, 5.74) is 3.74. The molecule has 0 aromatic heterocycles. The van der Waals surface area contributed by atoms with Gasteiger partial charge in [-0.15, -0.1) is 0 Å². The first-order valence-electron chi connectivity index (χ1n) is 8.88. The second-order valence-electron chi connectivity index (χ2n) is 6.93. The van der Waals surface area contributed by atoms with Crippen molar-refractivity contribution in [3.8, 4) is 0 Å². The molecule has 1 N–H and O–H groups in total. The van der Waals surface area contributed by atoms with Crippen molar-refractivity contribution < 1.29 is 14.4 Å². The zero-order valence-electron chi connectivity index (χ0n) is 14.6. The molecule has 132 valence electrons. The van der Waals surface area contributed by atoms with E-state index in [0.29, 0.717) is 29.2 Å². The summed E-state index contributed by atoms with van der Waals surface area (Å²) in [5.74, 6) is -0.588. The smallest absolute Gasteiger partial charge is 0.261 e. The van der Waals surface area contributed by atoms with E-state index in [-0.39, 0.29) is 17.7 Å². The van der Waals surface area contributed by atoms with Crippen LogP contribution in [0.2, 0.25) is 0 Å². The van der Waals surface area contributed by atoms with Crippen molar-refractivity contribution in [2.24, 2.45) is 0 Å². The Bertz CT molecular complexity index is 919. The van der Waals surface area contributed by atoms with Gasteiger partial charge in [-0.05, 0) is 48.6 Å². The van der Waals surface area contributed by atoms with Gasteiger partial charge in [0.15, 0.2) is 0 Å². The Morgan fingerprint density at radius 1 is 1.12 bits per heavy atom. The number of aryl methyl sites for hydroxylation is 1. The fourth-order valence-corrected chi connectivity index (χ4v) is 3.89. The fraction of sp³-hybridized carbons (Fsp3) is 0.286. The van der Waals surface area contributed by atoms with Crippen molar-refractivity contribution in [2.45, 2.75) is 25.2 Å². The first-order valence-corrected chi connectivity index (χ1v) is 8.88. The third kappa shape index (κ3) is 2.69. The summed E-state index contributed by atoms with van der Waals surface area (Å²) in [7, 11) is 1.45. The molecule has 4 rings (SSSR count). The largest absolute Gasteiger partial charge is 0.351 e. The van der Waals surface area contributed by atoms with Gasteiger partial charge in [-0.2, -0.15) is 0 Å². The van der Waals surface area contributed by atoms with Gasteiger partial charge in [0.2, 0.25) is 0 Å². The molecule has 0 saturated carbocycles. The van der Waals surface area contributed by atoms with E-state index in [0.717, 1.165) is 24.2 Å². The van der Waals surface area contributed by atoms with Crippen LogP contribution in [0.4, 0.5) is 0 Å². The first kappa shape index (κ1) is 16.5. The highest BCUT2D eigenvalue weighted by atomic mass is 16.2. The molecule has 1 unspecified atom stereocenters. The summed E-state index contributed by atoms with van der Waals surface area (Å²) in [6.07, 6.45) is 3.27. The molecule has 1 aliphatic carbocycles. The van der Waals surface area contributed by atoms with E-state index in [1.54, 1.807) is 12.1 Å². The highest BCUT2D eigenvalue weighted by molar-refractivity contribution is 6.21. The molecule has 2 aromatic rings. The maximum absolute atomic E-state index is 12.5. The van der Waals surface area contributed by atoms with Crippen LogP contribution >= 0.6 is 0 Å². The van der Waals surface area contributed by atoms with Crippen LogP contribution in [0.25, 0.3) is 0 Å². The highest BCUT2D eigenvalue weighted by Crippen LogP contribution is 2.31. The van der Waals surface area contributed by atoms with E-state index in [9.17, 15) is 14.4 Å². The normalized spacial score (nSPS) is 18.5. The lowest BCUT2D eigenvalue weighted by Gasteiger charge is -2.25. The van der Waals surface area contributed by atoms with Gasteiger partial charge in [0, 0.05) is 25.1 Å². The number of fused-ring (bicyclic) bond motifs is 2. The van der Waals surface area contributed by atoms with Gasteiger partial charge in [0.05, 0.1) is 11.1 Å². The van der Waals surface area contributed by atoms with E-state index in [1.165, 1.54) is 24.2 Å². The fourth-order valence-electron chi connectivity index (χ4n) is 3.89. The Kier molecular flexibility index (Phi) is 4.07. The summed E-state index contributed by atoms with van der Waals surface area (Å²) in [4.78, 5) is 37.7. The van der Waals surface area contributed by atoms with Gasteiger partial charge in [-0.1, -0.05) is 24.3 Å². The predicted molar refractivity (Wildman–Crippen MR) is 97.3 cm³/mol. The van der Waals surface area contributed by atoms with E-state index in [4.69, 9.17) is 0 Å². The topological polar surface area (TPSA) is 66.5 Å². The summed E-state index contributed by atoms with van der Waals surface area (Å²) in [6.45, 7) is 0.569. The molecule has 0 radical (unpaired) electrons. The predicted octanol–water partition coefficient (Wildman–Crippen LogP) is 2.76. The molecule has 0 spiro atoms. The van der Waals surface area contributed by atoms with E-state index >= 15 is 0 Å². The number of nitrogens with one attached hydrogen (secondary N) is 1. The molecule has 0 bridgehead atoms. The Morgan fingerprint density at radius 3 is 2.73 bits per heavy atom. The van der Waals surface area contributed by atoms with Gasteiger partial charge >= 0.3 is 0 Å². The maximum Gasteiger partial charge on any atom is 0.261 e. The van der Waals surface area contributed by atoms with Crippen LogP contribution in [0.15, 0.2) is 42.5 Å². The monoisotopic (exact) mass is 348 g/mol. The van der Waals surface area contributed by atoms with Crippen molar-refractivity contribution in [3.05, 3.63) is 70.3 Å². The van der Waals surface area contributed by atoms with Crippen LogP contribution in [-0.2, 0) is 6.42 Å². The standard InChI is InChI=1S/C21H20N2O3/c1-23-20(25)17-10-9-14(11-18(17)21(23)26)19(24)22-12-15-7-4-6-13-5-2-3-8-16(13)15/h2-3,5,8-11,15H,4,6-7,12H2,1H3,(H,22,24).